The van der Waals surface area contributed by atoms with Crippen molar-refractivity contribution in [3.63, 3.8) is 0 Å². The van der Waals surface area contributed by atoms with Gasteiger partial charge in [0.2, 0.25) is 0 Å². The predicted octanol–water partition coefficient (Wildman–Crippen LogP) is -0.599. The Morgan fingerprint density at radius 3 is 0.857 bits per heavy atom. The van der Waals surface area contributed by atoms with Gasteiger partial charge in [0.1, 0.15) is 0 Å². The molecule has 0 unspecified atom stereocenters. The van der Waals surface area contributed by atoms with Crippen LogP contribution in [0, 0.1) is 0 Å². The summed E-state index contributed by atoms with van der Waals surface area (Å²) in [6, 6.07) is 0. The van der Waals surface area contributed by atoms with E-state index in [9.17, 15) is 0 Å². The molecular formula is O5TiW. The summed E-state index contributed by atoms with van der Waals surface area (Å²) < 4.78 is 25.8. The Balaban J connectivity index is -0.0000000150. The van der Waals surface area contributed by atoms with Gasteiger partial charge in [0.05, 0.1) is 0 Å². The number of rotatable bonds is 0. The Morgan fingerprint density at radius 1 is 0.857 bits per heavy atom. The molecule has 0 atom stereocenters. The Labute approximate surface area is 60.1 Å². The number of hydrogen-bond donors (Lipinski definition) is 0. The molecule has 5 nitrogen and oxygen atoms in total. The molecule has 0 saturated carbocycles. The molecule has 0 aromatic rings. The van der Waals surface area contributed by atoms with Crippen LogP contribution >= 0.6 is 0 Å². The minimum atomic E-state index is -4.28. The second-order valence-corrected chi connectivity index (χ2v) is 1.67. The molecule has 0 saturated heterocycles. The second-order valence-electron chi connectivity index (χ2n) is 0.204. The number of hydrogen-bond acceptors (Lipinski definition) is 3. The molecule has 0 aromatic heterocycles. The monoisotopic (exact) mass is 312 g/mol. The molecule has 0 aliphatic rings. The molecule has 0 amide bonds. The standard InChI is InChI=1S/5O.Ti.W/q;;;2*-2;+4;. The van der Waals surface area contributed by atoms with E-state index in [1.54, 1.807) is 0 Å². The van der Waals surface area contributed by atoms with Gasteiger partial charge in [-0.2, -0.15) is 0 Å². The molecule has 0 heterocycles. The van der Waals surface area contributed by atoms with Gasteiger partial charge in [-0.15, -0.1) is 0 Å². The van der Waals surface area contributed by atoms with Gasteiger partial charge in [0.15, 0.2) is 0 Å². The van der Waals surface area contributed by atoms with Crippen LogP contribution in [0.15, 0.2) is 0 Å². The average molecular weight is 312 g/mol. The summed E-state index contributed by atoms with van der Waals surface area (Å²) in [7, 11) is 0. The topological polar surface area (TPSA) is 108 Å². The summed E-state index contributed by atoms with van der Waals surface area (Å²) in [4.78, 5) is 0. The first-order valence-electron chi connectivity index (χ1n) is 0.500. The zero-order chi connectivity index (χ0) is 3.58. The van der Waals surface area contributed by atoms with E-state index in [-0.39, 0.29) is 32.7 Å². The molecular weight excluding hydrogens is 312 g/mol. The Kier molecular flexibility index (Phi) is 57.2. The molecule has 0 rings (SSSR count). The average Bonchev–Trinajstić information content (AvgIpc) is 0.811. The van der Waals surface area contributed by atoms with E-state index in [2.05, 4.69) is 0 Å². The summed E-state index contributed by atoms with van der Waals surface area (Å²) in [6.07, 6.45) is 0. The van der Waals surface area contributed by atoms with Gasteiger partial charge in [-0.25, -0.2) is 0 Å². The van der Waals surface area contributed by atoms with Crippen LogP contribution in [0.5, 0.6) is 0 Å². The van der Waals surface area contributed by atoms with Crippen molar-refractivity contribution in [3.8, 4) is 0 Å². The fraction of sp³-hybridized carbons (Fsp3) is 0. The third-order valence-corrected chi connectivity index (χ3v) is 0. The molecule has 0 spiro atoms. The summed E-state index contributed by atoms with van der Waals surface area (Å²) in [5.74, 6) is 0. The van der Waals surface area contributed by atoms with Crippen molar-refractivity contribution in [1.82, 2.24) is 0 Å². The van der Waals surface area contributed by atoms with E-state index >= 15 is 0 Å². The second kappa shape index (κ2) is 15.9. The van der Waals surface area contributed by atoms with E-state index in [0.29, 0.717) is 0 Å². The van der Waals surface area contributed by atoms with Crippen molar-refractivity contribution in [1.29, 1.82) is 0 Å². The SMILES string of the molecule is [O-2].[O-2].[O]=[W](=[O])=[O].[Ti+4]. The third kappa shape index (κ3) is 287. The van der Waals surface area contributed by atoms with E-state index in [4.69, 9.17) is 10.2 Å². The van der Waals surface area contributed by atoms with Crippen LogP contribution in [-0.2, 0) is 60.1 Å². The van der Waals surface area contributed by atoms with Crippen LogP contribution in [0.2, 0.25) is 0 Å². The summed E-state index contributed by atoms with van der Waals surface area (Å²) in [5, 5.41) is 0. The van der Waals surface area contributed by atoms with E-state index in [1.807, 2.05) is 0 Å². The van der Waals surface area contributed by atoms with Crippen LogP contribution in [-0.4, -0.2) is 0 Å². The van der Waals surface area contributed by atoms with Gasteiger partial charge in [-0.1, -0.05) is 0 Å². The van der Waals surface area contributed by atoms with Crippen molar-refractivity contribution in [2.45, 2.75) is 0 Å². The van der Waals surface area contributed by atoms with Crippen LogP contribution in [0.1, 0.15) is 0 Å². The van der Waals surface area contributed by atoms with Gasteiger partial charge in [0, 0.05) is 0 Å². The molecule has 0 aliphatic heterocycles. The maximum Gasteiger partial charge on any atom is 4.00 e. The predicted molar refractivity (Wildman–Crippen MR) is 3.43 cm³/mol. The molecule has 40 valence electrons. The van der Waals surface area contributed by atoms with Crippen molar-refractivity contribution in [2.24, 2.45) is 0 Å². The van der Waals surface area contributed by atoms with E-state index in [1.165, 1.54) is 0 Å². The Morgan fingerprint density at radius 2 is 0.857 bits per heavy atom. The van der Waals surface area contributed by atoms with Gasteiger partial charge >= 0.3 is 49.1 Å². The first kappa shape index (κ1) is 25.2. The molecule has 0 N–H and O–H groups in total. The minimum absolute atomic E-state index is 0. The van der Waals surface area contributed by atoms with Crippen LogP contribution < -0.4 is 0 Å². The molecule has 0 aromatic carbocycles. The Hall–Kier alpha value is 0.723. The quantitative estimate of drug-likeness (QED) is 0.557. The smallest absolute Gasteiger partial charge is 4.00 e. The maximum atomic E-state index is 8.61. The zero-order valence-corrected chi connectivity index (χ0v) is 7.44. The van der Waals surface area contributed by atoms with Crippen LogP contribution in [0.3, 0.4) is 0 Å². The summed E-state index contributed by atoms with van der Waals surface area (Å²) >= 11 is -4.28. The largest absolute Gasteiger partial charge is 4.00 e. The van der Waals surface area contributed by atoms with Crippen molar-refractivity contribution < 1.29 is 60.1 Å². The molecule has 7 heavy (non-hydrogen) atoms. The first-order chi connectivity index (χ1) is 1.73. The maximum absolute atomic E-state index is 8.61. The van der Waals surface area contributed by atoms with E-state index in [0.717, 1.165) is 0 Å². The first-order valence-corrected chi connectivity index (χ1v) is 4.09. The van der Waals surface area contributed by atoms with Crippen molar-refractivity contribution >= 4 is 0 Å². The summed E-state index contributed by atoms with van der Waals surface area (Å²) in [5.41, 5.74) is 0. The van der Waals surface area contributed by atoms with Crippen LogP contribution in [0.4, 0.5) is 0 Å². The molecule has 0 bridgehead atoms. The zero-order valence-electron chi connectivity index (χ0n) is 2.95. The molecule has 0 radical (unpaired) electrons. The fourth-order valence-corrected chi connectivity index (χ4v) is 0. The van der Waals surface area contributed by atoms with Crippen molar-refractivity contribution in [2.75, 3.05) is 0 Å². The molecule has 0 aliphatic carbocycles. The van der Waals surface area contributed by atoms with Crippen molar-refractivity contribution in [3.05, 3.63) is 0 Å². The fourth-order valence-electron chi connectivity index (χ4n) is 0. The van der Waals surface area contributed by atoms with Gasteiger partial charge in [-0.05, 0) is 0 Å². The molecule has 0 fully saturated rings. The normalized spacial score (nSPS) is 3.43. The van der Waals surface area contributed by atoms with Crippen LogP contribution in [0.25, 0.3) is 0 Å². The van der Waals surface area contributed by atoms with Gasteiger partial charge in [-0.3, -0.25) is 0 Å². The Bertz CT molecular complexity index is 77.5. The van der Waals surface area contributed by atoms with Gasteiger partial charge < -0.3 is 11.0 Å². The summed E-state index contributed by atoms with van der Waals surface area (Å²) in [6.45, 7) is 0. The van der Waals surface area contributed by atoms with E-state index < -0.39 is 17.2 Å². The van der Waals surface area contributed by atoms with Gasteiger partial charge in [0.25, 0.3) is 0 Å². The third-order valence-electron chi connectivity index (χ3n) is 0. The molecule has 7 heteroatoms. The minimum Gasteiger partial charge on any atom is 4.00 e.